The zero-order valence-electron chi connectivity index (χ0n) is 13.8. The minimum atomic E-state index is -0.750. The van der Waals surface area contributed by atoms with Crippen molar-refractivity contribution in [2.75, 3.05) is 5.32 Å². The number of anilines is 1. The van der Waals surface area contributed by atoms with Crippen LogP contribution in [0.2, 0.25) is 0 Å². The predicted molar refractivity (Wildman–Crippen MR) is 104 cm³/mol. The highest BCUT2D eigenvalue weighted by Gasteiger charge is 2.35. The quantitative estimate of drug-likeness (QED) is 0.823. The van der Waals surface area contributed by atoms with E-state index in [0.717, 1.165) is 32.1 Å². The van der Waals surface area contributed by atoms with Gasteiger partial charge in [0.2, 0.25) is 5.91 Å². The number of nitrogens with zero attached hydrogens (tertiary/aromatic N) is 1. The maximum Gasteiger partial charge on any atom is 0.244 e. The molecule has 1 saturated carbocycles. The highest BCUT2D eigenvalue weighted by atomic mass is 35.5. The molecule has 1 aliphatic rings. The number of halogens is 2. The highest BCUT2D eigenvalue weighted by molar-refractivity contribution is 5.98. The summed E-state index contributed by atoms with van der Waals surface area (Å²) in [6.07, 6.45) is 7.99. The molecule has 0 aliphatic heterocycles. The van der Waals surface area contributed by atoms with E-state index in [1.807, 2.05) is 18.2 Å². The van der Waals surface area contributed by atoms with E-state index in [0.29, 0.717) is 17.2 Å². The molecule has 0 bridgehead atoms. The first-order chi connectivity index (χ1) is 11.2. The highest BCUT2D eigenvalue weighted by Crippen LogP contribution is 2.28. The summed E-state index contributed by atoms with van der Waals surface area (Å²) >= 11 is 0. The van der Waals surface area contributed by atoms with E-state index < -0.39 is 5.54 Å². The molecular formula is C18H23Cl2N3O2. The lowest BCUT2D eigenvalue weighted by atomic mass is 9.82. The number of hydrogen-bond acceptors (Lipinski definition) is 4. The van der Waals surface area contributed by atoms with Crippen molar-refractivity contribution < 1.29 is 9.53 Å². The van der Waals surface area contributed by atoms with Gasteiger partial charge in [0.1, 0.15) is 11.5 Å². The number of carbonyl (C=O) groups is 1. The Morgan fingerprint density at radius 3 is 2.40 bits per heavy atom. The number of aromatic nitrogens is 1. The average Bonchev–Trinajstić information content (AvgIpc) is 2.57. The number of nitrogens with one attached hydrogen (secondary N) is 1. The minimum Gasteiger partial charge on any atom is -0.457 e. The summed E-state index contributed by atoms with van der Waals surface area (Å²) in [6, 6.07) is 10.9. The molecule has 0 unspecified atom stereocenters. The molecule has 0 saturated heterocycles. The van der Waals surface area contributed by atoms with Gasteiger partial charge in [-0.15, -0.1) is 24.8 Å². The molecule has 0 radical (unpaired) electrons. The topological polar surface area (TPSA) is 77.2 Å². The van der Waals surface area contributed by atoms with E-state index in [2.05, 4.69) is 10.3 Å². The molecule has 1 heterocycles. The van der Waals surface area contributed by atoms with Gasteiger partial charge >= 0.3 is 0 Å². The first-order valence-electron chi connectivity index (χ1n) is 7.94. The van der Waals surface area contributed by atoms with Crippen LogP contribution in [-0.4, -0.2) is 16.4 Å². The first kappa shape index (κ1) is 21.2. The number of pyridine rings is 1. The maximum absolute atomic E-state index is 12.5. The van der Waals surface area contributed by atoms with Crippen LogP contribution in [-0.2, 0) is 4.79 Å². The lowest BCUT2D eigenvalue weighted by molar-refractivity contribution is -0.122. The van der Waals surface area contributed by atoms with Gasteiger partial charge < -0.3 is 15.8 Å². The molecule has 1 aliphatic carbocycles. The van der Waals surface area contributed by atoms with Crippen molar-refractivity contribution in [3.05, 3.63) is 48.8 Å². The van der Waals surface area contributed by atoms with Crippen molar-refractivity contribution in [1.82, 2.24) is 4.98 Å². The van der Waals surface area contributed by atoms with Crippen molar-refractivity contribution in [1.29, 1.82) is 0 Å². The molecule has 1 aromatic heterocycles. The Balaban J connectivity index is 0.00000156. The van der Waals surface area contributed by atoms with E-state index in [9.17, 15) is 4.79 Å². The van der Waals surface area contributed by atoms with Gasteiger partial charge in [-0.3, -0.25) is 9.78 Å². The smallest absolute Gasteiger partial charge is 0.244 e. The van der Waals surface area contributed by atoms with Gasteiger partial charge in [-0.25, -0.2) is 0 Å². The maximum atomic E-state index is 12.5. The summed E-state index contributed by atoms with van der Waals surface area (Å²) in [7, 11) is 0. The largest absolute Gasteiger partial charge is 0.457 e. The summed E-state index contributed by atoms with van der Waals surface area (Å²) < 4.78 is 5.75. The molecule has 1 fully saturated rings. The van der Waals surface area contributed by atoms with E-state index in [-0.39, 0.29) is 30.7 Å². The minimum absolute atomic E-state index is 0. The summed E-state index contributed by atoms with van der Waals surface area (Å²) in [5, 5.41) is 2.92. The average molecular weight is 384 g/mol. The molecule has 0 spiro atoms. The molecule has 3 rings (SSSR count). The third-order valence-electron chi connectivity index (χ3n) is 4.18. The summed E-state index contributed by atoms with van der Waals surface area (Å²) in [6.45, 7) is 0. The molecule has 7 heteroatoms. The second kappa shape index (κ2) is 9.61. The van der Waals surface area contributed by atoms with E-state index in [4.69, 9.17) is 10.5 Å². The number of benzene rings is 1. The third-order valence-corrected chi connectivity index (χ3v) is 4.18. The van der Waals surface area contributed by atoms with Crippen molar-refractivity contribution in [2.24, 2.45) is 5.73 Å². The number of rotatable bonds is 4. The van der Waals surface area contributed by atoms with Crippen LogP contribution in [0.4, 0.5) is 5.69 Å². The van der Waals surface area contributed by atoms with Crippen molar-refractivity contribution >= 4 is 36.4 Å². The third kappa shape index (κ3) is 5.59. The van der Waals surface area contributed by atoms with Gasteiger partial charge in [0, 0.05) is 24.1 Å². The second-order valence-corrected chi connectivity index (χ2v) is 5.98. The van der Waals surface area contributed by atoms with Crippen LogP contribution in [0.5, 0.6) is 11.5 Å². The number of hydrogen-bond donors (Lipinski definition) is 2. The molecule has 3 N–H and O–H groups in total. The van der Waals surface area contributed by atoms with Gasteiger partial charge in [-0.2, -0.15) is 0 Å². The second-order valence-electron chi connectivity index (χ2n) is 5.98. The summed E-state index contributed by atoms with van der Waals surface area (Å²) in [5.41, 5.74) is 6.20. The van der Waals surface area contributed by atoms with Gasteiger partial charge in [0.15, 0.2) is 0 Å². The van der Waals surface area contributed by atoms with Crippen LogP contribution in [0.3, 0.4) is 0 Å². The molecule has 136 valence electrons. The van der Waals surface area contributed by atoms with Gasteiger partial charge in [-0.1, -0.05) is 25.3 Å². The first-order valence-corrected chi connectivity index (χ1v) is 7.94. The summed E-state index contributed by atoms with van der Waals surface area (Å²) in [4.78, 5) is 16.4. The molecule has 1 aromatic carbocycles. The lowest BCUT2D eigenvalue weighted by Gasteiger charge is -2.31. The van der Waals surface area contributed by atoms with E-state index in [1.165, 1.54) is 0 Å². The Morgan fingerprint density at radius 1 is 1.04 bits per heavy atom. The van der Waals surface area contributed by atoms with Crippen LogP contribution in [0.25, 0.3) is 0 Å². The standard InChI is InChI=1S/C18H21N3O2.2ClH/c19-18(9-2-1-3-10-18)17(22)21-14-5-4-6-16(13-14)23-15-7-11-20-12-8-15;;/h4-8,11-13H,1-3,9-10,19H2,(H,21,22);2*1H. The Hall–Kier alpha value is -1.82. The fourth-order valence-electron chi connectivity index (χ4n) is 2.85. The monoisotopic (exact) mass is 383 g/mol. The molecule has 0 atom stereocenters. The van der Waals surface area contributed by atoms with E-state index >= 15 is 0 Å². The lowest BCUT2D eigenvalue weighted by Crippen LogP contribution is -2.52. The fraction of sp³-hybridized carbons (Fsp3) is 0.333. The van der Waals surface area contributed by atoms with Crippen LogP contribution in [0.15, 0.2) is 48.8 Å². The van der Waals surface area contributed by atoms with Gasteiger partial charge in [-0.05, 0) is 37.1 Å². The number of nitrogens with two attached hydrogens (primary N) is 1. The van der Waals surface area contributed by atoms with Crippen molar-refractivity contribution in [2.45, 2.75) is 37.6 Å². The normalized spacial score (nSPS) is 15.2. The Kier molecular flexibility index (Phi) is 8.16. The molecular weight excluding hydrogens is 361 g/mol. The van der Waals surface area contributed by atoms with Crippen LogP contribution in [0.1, 0.15) is 32.1 Å². The Morgan fingerprint density at radius 2 is 1.72 bits per heavy atom. The Bertz CT molecular complexity index is 677. The number of carbonyl (C=O) groups excluding carboxylic acids is 1. The summed E-state index contributed by atoms with van der Waals surface area (Å²) in [5.74, 6) is 1.24. The SMILES string of the molecule is Cl.Cl.NC1(C(=O)Nc2cccc(Oc3ccncc3)c2)CCCCC1. The zero-order chi connectivity index (χ0) is 16.1. The molecule has 5 nitrogen and oxygen atoms in total. The number of amides is 1. The van der Waals surface area contributed by atoms with Crippen LogP contribution >= 0.6 is 24.8 Å². The van der Waals surface area contributed by atoms with Crippen molar-refractivity contribution in [3.63, 3.8) is 0 Å². The molecule has 2 aromatic rings. The van der Waals surface area contributed by atoms with Gasteiger partial charge in [0.25, 0.3) is 0 Å². The molecule has 1 amide bonds. The van der Waals surface area contributed by atoms with Crippen LogP contribution < -0.4 is 15.8 Å². The Labute approximate surface area is 160 Å². The zero-order valence-corrected chi connectivity index (χ0v) is 15.4. The fourth-order valence-corrected chi connectivity index (χ4v) is 2.85. The molecule has 25 heavy (non-hydrogen) atoms. The van der Waals surface area contributed by atoms with Crippen LogP contribution in [0, 0.1) is 0 Å². The van der Waals surface area contributed by atoms with Gasteiger partial charge in [0.05, 0.1) is 5.54 Å². The van der Waals surface area contributed by atoms with Crippen molar-refractivity contribution in [3.8, 4) is 11.5 Å². The van der Waals surface area contributed by atoms with E-state index in [1.54, 1.807) is 30.6 Å². The predicted octanol–water partition coefficient (Wildman–Crippen LogP) is 4.32. The number of ether oxygens (including phenoxy) is 1.